The molecule has 1 aromatic rings. The highest BCUT2D eigenvalue weighted by Crippen LogP contribution is 2.25. The van der Waals surface area contributed by atoms with Crippen LogP contribution in [0.2, 0.25) is 0 Å². The number of pyridine rings is 1. The van der Waals surface area contributed by atoms with Gasteiger partial charge < -0.3 is 10.6 Å². The Morgan fingerprint density at radius 3 is 3.36 bits per heavy atom. The number of nitrogens with zero attached hydrogens (tertiary/aromatic N) is 1. The summed E-state index contributed by atoms with van der Waals surface area (Å²) < 4.78 is 0. The molecule has 0 aliphatic carbocycles. The van der Waals surface area contributed by atoms with Crippen molar-refractivity contribution in [3.05, 3.63) is 17.8 Å². The molecule has 0 spiro atoms. The summed E-state index contributed by atoms with van der Waals surface area (Å²) in [5.74, 6) is 1.04. The first-order valence-electron chi connectivity index (χ1n) is 3.81. The molecule has 0 saturated carbocycles. The Morgan fingerprint density at radius 2 is 2.55 bits per heavy atom. The van der Waals surface area contributed by atoms with Crippen molar-refractivity contribution in [2.75, 3.05) is 24.2 Å². The lowest BCUT2D eigenvalue weighted by atomic mass is 10.2. The number of hydrogen-bond acceptors (Lipinski definition) is 3. The highest BCUT2D eigenvalue weighted by molar-refractivity contribution is 5.64. The zero-order valence-corrected chi connectivity index (χ0v) is 6.52. The van der Waals surface area contributed by atoms with Gasteiger partial charge >= 0.3 is 0 Å². The summed E-state index contributed by atoms with van der Waals surface area (Å²) in [6.45, 7) is 1.01. The lowest BCUT2D eigenvalue weighted by Gasteiger charge is -2.04. The van der Waals surface area contributed by atoms with E-state index in [-0.39, 0.29) is 0 Å². The normalized spacial score (nSPS) is 13.9. The molecule has 0 amide bonds. The SMILES string of the molecule is CNc1ccnc2c1CCN2. The minimum atomic E-state index is 1.01. The van der Waals surface area contributed by atoms with Gasteiger partial charge in [0.15, 0.2) is 0 Å². The number of rotatable bonds is 1. The molecule has 3 nitrogen and oxygen atoms in total. The van der Waals surface area contributed by atoms with E-state index in [0.717, 1.165) is 18.8 Å². The van der Waals surface area contributed by atoms with Crippen LogP contribution in [-0.2, 0) is 6.42 Å². The second-order valence-electron chi connectivity index (χ2n) is 2.61. The minimum absolute atomic E-state index is 1.01. The van der Waals surface area contributed by atoms with Crippen molar-refractivity contribution in [3.63, 3.8) is 0 Å². The standard InChI is InChI=1S/C8H11N3/c1-9-7-3-5-11-8-6(7)2-4-10-8/h3,5H,2,4H2,1H3,(H2,9,10,11). The lowest BCUT2D eigenvalue weighted by Crippen LogP contribution is -1.94. The van der Waals surface area contributed by atoms with Gasteiger partial charge in [-0.2, -0.15) is 0 Å². The summed E-state index contributed by atoms with van der Waals surface area (Å²) in [4.78, 5) is 4.22. The van der Waals surface area contributed by atoms with Crippen molar-refractivity contribution in [2.24, 2.45) is 0 Å². The fourth-order valence-corrected chi connectivity index (χ4v) is 1.44. The zero-order chi connectivity index (χ0) is 7.68. The van der Waals surface area contributed by atoms with Crippen LogP contribution in [0.25, 0.3) is 0 Å². The number of hydrogen-bond donors (Lipinski definition) is 2. The van der Waals surface area contributed by atoms with Gasteiger partial charge in [-0.1, -0.05) is 0 Å². The molecular weight excluding hydrogens is 138 g/mol. The molecule has 1 aromatic heterocycles. The third kappa shape index (κ3) is 0.926. The largest absolute Gasteiger partial charge is 0.388 e. The van der Waals surface area contributed by atoms with Crippen molar-refractivity contribution >= 4 is 11.5 Å². The summed E-state index contributed by atoms with van der Waals surface area (Å²) >= 11 is 0. The van der Waals surface area contributed by atoms with Crippen molar-refractivity contribution in [3.8, 4) is 0 Å². The predicted molar refractivity (Wildman–Crippen MR) is 46.0 cm³/mol. The van der Waals surface area contributed by atoms with Crippen LogP contribution in [0, 0.1) is 0 Å². The molecule has 0 atom stereocenters. The molecule has 1 aliphatic rings. The highest BCUT2D eigenvalue weighted by Gasteiger charge is 2.13. The molecule has 0 unspecified atom stereocenters. The Hall–Kier alpha value is -1.25. The molecule has 0 saturated heterocycles. The molecule has 11 heavy (non-hydrogen) atoms. The average Bonchev–Trinajstić information content (AvgIpc) is 2.50. The van der Waals surface area contributed by atoms with Crippen LogP contribution < -0.4 is 10.6 Å². The van der Waals surface area contributed by atoms with Crippen LogP contribution in [0.15, 0.2) is 12.3 Å². The van der Waals surface area contributed by atoms with Crippen LogP contribution >= 0.6 is 0 Å². The van der Waals surface area contributed by atoms with Crippen molar-refractivity contribution < 1.29 is 0 Å². The van der Waals surface area contributed by atoms with E-state index in [4.69, 9.17) is 0 Å². The van der Waals surface area contributed by atoms with Crippen molar-refractivity contribution in [2.45, 2.75) is 6.42 Å². The zero-order valence-electron chi connectivity index (χ0n) is 6.52. The van der Waals surface area contributed by atoms with Gasteiger partial charge in [-0.05, 0) is 12.5 Å². The van der Waals surface area contributed by atoms with Crippen LogP contribution in [0.3, 0.4) is 0 Å². The predicted octanol–water partition coefficient (Wildman–Crippen LogP) is 1.09. The van der Waals surface area contributed by atoms with E-state index in [1.54, 1.807) is 0 Å². The molecule has 58 valence electrons. The molecule has 2 rings (SSSR count). The van der Waals surface area contributed by atoms with E-state index < -0.39 is 0 Å². The highest BCUT2D eigenvalue weighted by atomic mass is 15.0. The number of nitrogens with one attached hydrogen (secondary N) is 2. The van der Waals surface area contributed by atoms with Crippen LogP contribution in [0.4, 0.5) is 11.5 Å². The van der Waals surface area contributed by atoms with Crippen LogP contribution in [-0.4, -0.2) is 18.6 Å². The Balaban J connectivity index is 2.50. The van der Waals surface area contributed by atoms with E-state index in [1.165, 1.54) is 11.3 Å². The molecule has 2 heterocycles. The molecule has 0 fully saturated rings. The smallest absolute Gasteiger partial charge is 0.131 e. The van der Waals surface area contributed by atoms with Gasteiger partial charge in [0.25, 0.3) is 0 Å². The van der Waals surface area contributed by atoms with E-state index >= 15 is 0 Å². The molecular formula is C8H11N3. The lowest BCUT2D eigenvalue weighted by molar-refractivity contribution is 1.10. The van der Waals surface area contributed by atoms with Gasteiger partial charge in [0.05, 0.1) is 0 Å². The van der Waals surface area contributed by atoms with Gasteiger partial charge in [-0.25, -0.2) is 4.98 Å². The van der Waals surface area contributed by atoms with E-state index in [1.807, 2.05) is 19.3 Å². The van der Waals surface area contributed by atoms with E-state index in [9.17, 15) is 0 Å². The van der Waals surface area contributed by atoms with Crippen molar-refractivity contribution in [1.29, 1.82) is 0 Å². The summed E-state index contributed by atoms with van der Waals surface area (Å²) in [5.41, 5.74) is 2.51. The van der Waals surface area contributed by atoms with E-state index in [2.05, 4.69) is 15.6 Å². The quantitative estimate of drug-likeness (QED) is 0.627. The number of fused-ring (bicyclic) bond motifs is 1. The first-order valence-corrected chi connectivity index (χ1v) is 3.81. The summed E-state index contributed by atoms with van der Waals surface area (Å²) in [5, 5.41) is 6.37. The summed E-state index contributed by atoms with van der Waals surface area (Å²) in [7, 11) is 1.94. The van der Waals surface area contributed by atoms with Crippen LogP contribution in [0.1, 0.15) is 5.56 Å². The van der Waals surface area contributed by atoms with Gasteiger partial charge in [-0.3, -0.25) is 0 Å². The fraction of sp³-hybridized carbons (Fsp3) is 0.375. The second-order valence-corrected chi connectivity index (χ2v) is 2.61. The maximum absolute atomic E-state index is 4.22. The van der Waals surface area contributed by atoms with Gasteiger partial charge in [-0.15, -0.1) is 0 Å². The molecule has 1 aliphatic heterocycles. The Bertz CT molecular complexity index is 270. The first kappa shape index (κ1) is 6.46. The molecule has 2 N–H and O–H groups in total. The molecule has 0 radical (unpaired) electrons. The maximum atomic E-state index is 4.22. The minimum Gasteiger partial charge on any atom is -0.388 e. The molecule has 0 aromatic carbocycles. The third-order valence-corrected chi connectivity index (χ3v) is 1.99. The average molecular weight is 149 g/mol. The molecule has 0 bridgehead atoms. The second kappa shape index (κ2) is 2.42. The van der Waals surface area contributed by atoms with Gasteiger partial charge in [0, 0.05) is 31.0 Å². The summed E-state index contributed by atoms with van der Waals surface area (Å²) in [6.07, 6.45) is 2.91. The topological polar surface area (TPSA) is 37.0 Å². The Labute approximate surface area is 65.8 Å². The summed E-state index contributed by atoms with van der Waals surface area (Å²) in [6, 6.07) is 2.01. The maximum Gasteiger partial charge on any atom is 0.131 e. The van der Waals surface area contributed by atoms with E-state index in [0.29, 0.717) is 0 Å². The number of anilines is 2. The van der Waals surface area contributed by atoms with Crippen molar-refractivity contribution in [1.82, 2.24) is 4.98 Å². The van der Waals surface area contributed by atoms with Crippen LogP contribution in [0.5, 0.6) is 0 Å². The monoisotopic (exact) mass is 149 g/mol. The molecule has 3 heteroatoms. The van der Waals surface area contributed by atoms with Gasteiger partial charge in [0.1, 0.15) is 5.82 Å². The van der Waals surface area contributed by atoms with Gasteiger partial charge in [0.2, 0.25) is 0 Å². The Morgan fingerprint density at radius 1 is 1.64 bits per heavy atom. The third-order valence-electron chi connectivity index (χ3n) is 1.99. The first-order chi connectivity index (χ1) is 5.42. The Kier molecular flexibility index (Phi) is 1.42. The number of aromatic nitrogens is 1. The fourth-order valence-electron chi connectivity index (χ4n) is 1.44.